The number of benzene rings is 2. The fourth-order valence-corrected chi connectivity index (χ4v) is 5.69. The van der Waals surface area contributed by atoms with Gasteiger partial charge in [-0.1, -0.05) is 19.1 Å². The van der Waals surface area contributed by atoms with Crippen LogP contribution in [0.4, 0.5) is 5.69 Å². The monoisotopic (exact) mass is 503 g/mol. The lowest BCUT2D eigenvalue weighted by molar-refractivity contribution is -0.137. The number of unbranched alkanes of at least 4 members (excludes halogenated alkanes) is 1. The van der Waals surface area contributed by atoms with Gasteiger partial charge in [0.25, 0.3) is 0 Å². The van der Waals surface area contributed by atoms with E-state index in [4.69, 9.17) is 14.6 Å². The normalized spacial score (nSPS) is 16.1. The minimum Gasteiger partial charge on any atom is -0.497 e. The maximum atomic E-state index is 12.5. The lowest BCUT2D eigenvalue weighted by Gasteiger charge is -2.27. The van der Waals surface area contributed by atoms with Crippen molar-refractivity contribution in [2.45, 2.75) is 57.8 Å². The van der Waals surface area contributed by atoms with Crippen molar-refractivity contribution in [3.8, 4) is 11.5 Å². The van der Waals surface area contributed by atoms with Crippen molar-refractivity contribution in [3.63, 3.8) is 0 Å². The van der Waals surface area contributed by atoms with Crippen LogP contribution >= 0.6 is 0 Å². The van der Waals surface area contributed by atoms with E-state index in [2.05, 4.69) is 19.1 Å². The molecule has 3 rings (SSSR count). The highest BCUT2D eigenvalue weighted by Gasteiger charge is 2.33. The number of carbonyl (C=O) groups is 2. The molecule has 190 valence electrons. The highest BCUT2D eigenvalue weighted by Crippen LogP contribution is 2.31. The number of aliphatic carboxylic acids is 1. The molecule has 0 aromatic heterocycles. The summed E-state index contributed by atoms with van der Waals surface area (Å²) in [5.74, 6) is 0.225. The van der Waals surface area contributed by atoms with Gasteiger partial charge < -0.3 is 14.6 Å². The van der Waals surface area contributed by atoms with Gasteiger partial charge in [-0.2, -0.15) is 0 Å². The lowest BCUT2D eigenvalue weighted by atomic mass is 9.95. The molecule has 0 aliphatic carbocycles. The van der Waals surface area contributed by atoms with E-state index in [1.807, 2.05) is 12.1 Å². The molecule has 1 N–H and O–H groups in total. The van der Waals surface area contributed by atoms with Crippen LogP contribution in [0.2, 0.25) is 0 Å². The molecule has 1 saturated heterocycles. The summed E-state index contributed by atoms with van der Waals surface area (Å²) in [4.78, 5) is 23.5. The van der Waals surface area contributed by atoms with E-state index in [0.717, 1.165) is 29.3 Å². The molecular weight excluding hydrogens is 470 g/mol. The number of hydrogen-bond donors (Lipinski definition) is 1. The molecule has 1 unspecified atom stereocenters. The van der Waals surface area contributed by atoms with Crippen molar-refractivity contribution in [3.05, 3.63) is 53.6 Å². The standard InChI is InChI=1S/C26H33NO7S/c1-19(20-8-12-23(33-2)13-9-20)6-3-4-16-34-24-14-11-22(18-21(24)10-15-26(29)30)27-25(28)7-5-17-35(27,31)32/h8-9,11-14,18-19H,3-7,10,15-17H2,1-2H3,(H,29,30). The third-order valence-corrected chi connectivity index (χ3v) is 7.93. The molecule has 0 radical (unpaired) electrons. The van der Waals surface area contributed by atoms with E-state index in [1.54, 1.807) is 25.3 Å². The first-order chi connectivity index (χ1) is 16.7. The first-order valence-corrected chi connectivity index (χ1v) is 13.5. The summed E-state index contributed by atoms with van der Waals surface area (Å²) in [6.07, 6.45) is 3.29. The predicted molar refractivity (Wildman–Crippen MR) is 134 cm³/mol. The Kier molecular flexibility index (Phi) is 9.14. The maximum absolute atomic E-state index is 12.5. The summed E-state index contributed by atoms with van der Waals surface area (Å²) in [7, 11) is -2.08. The van der Waals surface area contributed by atoms with E-state index in [1.165, 1.54) is 5.56 Å². The molecule has 0 saturated carbocycles. The number of rotatable bonds is 12. The van der Waals surface area contributed by atoms with Gasteiger partial charge in [0.05, 0.1) is 25.2 Å². The Morgan fingerprint density at radius 2 is 1.89 bits per heavy atom. The molecular formula is C26H33NO7S. The van der Waals surface area contributed by atoms with Crippen molar-refractivity contribution in [2.75, 3.05) is 23.8 Å². The van der Waals surface area contributed by atoms with E-state index < -0.39 is 21.9 Å². The number of nitrogens with zero attached hydrogens (tertiary/aromatic N) is 1. The first-order valence-electron chi connectivity index (χ1n) is 11.9. The van der Waals surface area contributed by atoms with Crippen molar-refractivity contribution in [1.29, 1.82) is 0 Å². The molecule has 0 bridgehead atoms. The van der Waals surface area contributed by atoms with Crippen molar-refractivity contribution in [1.82, 2.24) is 0 Å². The Morgan fingerprint density at radius 3 is 2.54 bits per heavy atom. The summed E-state index contributed by atoms with van der Waals surface area (Å²) in [5, 5.41) is 9.12. The molecule has 35 heavy (non-hydrogen) atoms. The van der Waals surface area contributed by atoms with Gasteiger partial charge in [0.15, 0.2) is 0 Å². The van der Waals surface area contributed by atoms with E-state index >= 15 is 0 Å². The van der Waals surface area contributed by atoms with Crippen LogP contribution in [-0.2, 0) is 26.0 Å². The molecule has 1 amide bonds. The smallest absolute Gasteiger partial charge is 0.303 e. The molecule has 1 heterocycles. The summed E-state index contributed by atoms with van der Waals surface area (Å²) < 4.78 is 36.9. The van der Waals surface area contributed by atoms with Crippen LogP contribution in [0.5, 0.6) is 11.5 Å². The van der Waals surface area contributed by atoms with Gasteiger partial charge in [-0.3, -0.25) is 9.59 Å². The highest BCUT2D eigenvalue weighted by atomic mass is 32.2. The fourth-order valence-electron chi connectivity index (χ4n) is 4.16. The first kappa shape index (κ1) is 26.5. The second kappa shape index (κ2) is 12.1. The lowest BCUT2D eigenvalue weighted by Crippen LogP contribution is -2.42. The number of amides is 1. The van der Waals surface area contributed by atoms with Crippen LogP contribution in [-0.4, -0.2) is 44.9 Å². The molecule has 1 aliphatic heterocycles. The number of carboxylic acids is 1. The topological polar surface area (TPSA) is 110 Å². The quantitative estimate of drug-likeness (QED) is 0.424. The fraction of sp³-hybridized carbons (Fsp3) is 0.462. The Labute approximate surface area is 206 Å². The van der Waals surface area contributed by atoms with Crippen molar-refractivity contribution >= 4 is 27.6 Å². The minimum atomic E-state index is -3.73. The van der Waals surface area contributed by atoms with Gasteiger partial charge in [0.2, 0.25) is 15.9 Å². The summed E-state index contributed by atoms with van der Waals surface area (Å²) >= 11 is 0. The van der Waals surface area contributed by atoms with Gasteiger partial charge in [-0.25, -0.2) is 12.7 Å². The average molecular weight is 504 g/mol. The summed E-state index contributed by atoms with van der Waals surface area (Å²) in [6.45, 7) is 2.64. The number of methoxy groups -OCH3 is 1. The largest absolute Gasteiger partial charge is 0.497 e. The third-order valence-electron chi connectivity index (χ3n) is 6.16. The van der Waals surface area contributed by atoms with E-state index in [9.17, 15) is 18.0 Å². The zero-order valence-corrected chi connectivity index (χ0v) is 21.1. The molecule has 8 nitrogen and oxygen atoms in total. The van der Waals surface area contributed by atoms with Gasteiger partial charge in [-0.05, 0) is 79.5 Å². The number of anilines is 1. The van der Waals surface area contributed by atoms with Crippen LogP contribution in [0.15, 0.2) is 42.5 Å². The molecule has 0 spiro atoms. The van der Waals surface area contributed by atoms with Gasteiger partial charge >= 0.3 is 5.97 Å². The van der Waals surface area contributed by atoms with E-state index in [-0.39, 0.29) is 30.7 Å². The molecule has 1 aliphatic rings. The number of hydrogen-bond acceptors (Lipinski definition) is 6. The number of sulfonamides is 1. The van der Waals surface area contributed by atoms with E-state index in [0.29, 0.717) is 30.3 Å². The zero-order chi connectivity index (χ0) is 25.4. The van der Waals surface area contributed by atoms with Gasteiger partial charge in [0, 0.05) is 12.8 Å². The van der Waals surface area contributed by atoms with Crippen LogP contribution in [0.1, 0.15) is 62.5 Å². The van der Waals surface area contributed by atoms with Gasteiger partial charge in [-0.15, -0.1) is 0 Å². The Morgan fingerprint density at radius 1 is 1.14 bits per heavy atom. The molecule has 2 aromatic carbocycles. The average Bonchev–Trinajstić information content (AvgIpc) is 2.82. The number of ether oxygens (including phenoxy) is 2. The number of carbonyl (C=O) groups excluding carboxylic acids is 1. The second-order valence-electron chi connectivity index (χ2n) is 8.78. The summed E-state index contributed by atoms with van der Waals surface area (Å²) in [6, 6.07) is 12.8. The second-order valence-corrected chi connectivity index (χ2v) is 10.7. The highest BCUT2D eigenvalue weighted by molar-refractivity contribution is 7.93. The molecule has 9 heteroatoms. The van der Waals surface area contributed by atoms with Crippen LogP contribution < -0.4 is 13.8 Å². The Bertz CT molecular complexity index is 1130. The summed E-state index contributed by atoms with van der Waals surface area (Å²) in [5.41, 5.74) is 2.06. The van der Waals surface area contributed by atoms with Crippen LogP contribution in [0.25, 0.3) is 0 Å². The number of carboxylic acid groups (broad SMARTS) is 1. The van der Waals surface area contributed by atoms with Gasteiger partial charge in [0.1, 0.15) is 11.5 Å². The molecule has 2 aromatic rings. The van der Waals surface area contributed by atoms with Crippen molar-refractivity contribution in [2.24, 2.45) is 0 Å². The SMILES string of the molecule is COc1ccc(C(C)CCCCOc2ccc(N3C(=O)CCCS3(=O)=O)cc2CCC(=O)O)cc1. The molecule has 1 atom stereocenters. The third kappa shape index (κ3) is 7.21. The van der Waals surface area contributed by atoms with Crippen molar-refractivity contribution < 1.29 is 32.6 Å². The van der Waals surface area contributed by atoms with Crippen LogP contribution in [0.3, 0.4) is 0 Å². The predicted octanol–water partition coefficient (Wildman–Crippen LogP) is 4.52. The molecule has 1 fully saturated rings. The Balaban J connectivity index is 1.61. The minimum absolute atomic E-state index is 0.0869. The Hall–Kier alpha value is -3.07. The number of aryl methyl sites for hydroxylation is 1. The zero-order valence-electron chi connectivity index (χ0n) is 20.2. The maximum Gasteiger partial charge on any atom is 0.303 e. The van der Waals surface area contributed by atoms with Crippen LogP contribution in [0, 0.1) is 0 Å².